The van der Waals surface area contributed by atoms with E-state index in [-0.39, 0.29) is 17.0 Å². The number of hydrogen-bond acceptors (Lipinski definition) is 7. The van der Waals surface area contributed by atoms with Crippen LogP contribution in [-0.2, 0) is 4.79 Å². The number of carbonyl (C=O) groups excluding carboxylic acids is 1. The minimum atomic E-state index is -0.649. The number of nitro groups is 1. The molecule has 0 atom stereocenters. The van der Waals surface area contributed by atoms with Gasteiger partial charge < -0.3 is 4.74 Å². The molecule has 0 aliphatic heterocycles. The van der Waals surface area contributed by atoms with Gasteiger partial charge in [0.1, 0.15) is 5.75 Å². The second kappa shape index (κ2) is 11.4. The van der Waals surface area contributed by atoms with Crippen molar-refractivity contribution in [3.8, 4) is 17.1 Å². The van der Waals surface area contributed by atoms with Crippen LogP contribution in [0.25, 0.3) is 28.4 Å². The maximum Gasteiger partial charge on any atom is 0.336 e. The quantitative estimate of drug-likeness (QED) is 0.0657. The summed E-state index contributed by atoms with van der Waals surface area (Å²) >= 11 is 0. The number of aryl methyl sites for hydroxylation is 1. The molecule has 0 saturated carbocycles. The number of ether oxygens (including phenoxy) is 1. The molecule has 5 aromatic rings. The number of hydrogen-bond donors (Lipinski definition) is 0. The second-order valence-corrected chi connectivity index (χ2v) is 8.82. The summed E-state index contributed by atoms with van der Waals surface area (Å²) in [7, 11) is 0. The van der Waals surface area contributed by atoms with Crippen LogP contribution in [-0.4, -0.2) is 26.8 Å². The molecular formula is C31H22N4O5. The van der Waals surface area contributed by atoms with Crippen molar-refractivity contribution in [1.29, 1.82) is 0 Å². The number of non-ortho nitro benzene ring substituents is 1. The van der Waals surface area contributed by atoms with E-state index in [4.69, 9.17) is 9.72 Å². The van der Waals surface area contributed by atoms with Gasteiger partial charge >= 0.3 is 5.97 Å². The van der Waals surface area contributed by atoms with Gasteiger partial charge in [0, 0.05) is 29.3 Å². The van der Waals surface area contributed by atoms with Gasteiger partial charge in [-0.25, -0.2) is 9.78 Å². The molecule has 0 aliphatic rings. The highest BCUT2D eigenvalue weighted by Crippen LogP contribution is 2.21. The zero-order valence-electron chi connectivity index (χ0n) is 21.3. The van der Waals surface area contributed by atoms with E-state index >= 15 is 0 Å². The van der Waals surface area contributed by atoms with Crippen LogP contribution < -0.4 is 10.3 Å². The molecular weight excluding hydrogens is 508 g/mol. The average Bonchev–Trinajstić information content (AvgIpc) is 2.96. The minimum absolute atomic E-state index is 0.0424. The number of carbonyl (C=O) groups is 1. The maximum atomic E-state index is 13.4. The SMILES string of the molecule is Cc1cccc(-c2nc3ccccc3c(=O)n2N=Cc2ccccc2OC(=O)/C=C/c2ccc([N+](=O)[O-])cc2)c1. The van der Waals surface area contributed by atoms with E-state index in [1.165, 1.54) is 47.3 Å². The summed E-state index contributed by atoms with van der Waals surface area (Å²) in [5, 5.41) is 15.7. The third kappa shape index (κ3) is 5.73. The maximum absolute atomic E-state index is 13.4. The number of nitro benzene ring substituents is 1. The smallest absolute Gasteiger partial charge is 0.336 e. The third-order valence-electron chi connectivity index (χ3n) is 5.99. The lowest BCUT2D eigenvalue weighted by Crippen LogP contribution is -2.20. The van der Waals surface area contributed by atoms with Crippen LogP contribution >= 0.6 is 0 Å². The van der Waals surface area contributed by atoms with Crippen molar-refractivity contribution in [3.05, 3.63) is 140 Å². The van der Waals surface area contributed by atoms with Gasteiger partial charge in [-0.2, -0.15) is 9.78 Å². The lowest BCUT2D eigenvalue weighted by molar-refractivity contribution is -0.384. The Kier molecular flexibility index (Phi) is 7.36. The summed E-state index contributed by atoms with van der Waals surface area (Å²) < 4.78 is 6.76. The Bertz CT molecular complexity index is 1860. The molecule has 9 heteroatoms. The number of esters is 1. The molecule has 0 bridgehead atoms. The fourth-order valence-electron chi connectivity index (χ4n) is 4.02. The van der Waals surface area contributed by atoms with Crippen LogP contribution in [0.5, 0.6) is 5.75 Å². The Morgan fingerprint density at radius 3 is 2.50 bits per heavy atom. The Labute approximate surface area is 228 Å². The molecule has 0 fully saturated rings. The first-order chi connectivity index (χ1) is 19.4. The number of benzene rings is 4. The third-order valence-corrected chi connectivity index (χ3v) is 5.99. The monoisotopic (exact) mass is 530 g/mol. The van der Waals surface area contributed by atoms with Gasteiger partial charge in [-0.3, -0.25) is 14.9 Å². The summed E-state index contributed by atoms with van der Waals surface area (Å²) in [6.45, 7) is 1.96. The standard InChI is InChI=1S/C31H22N4O5/c1-21-7-6-9-23(19-21)30-33-27-11-4-3-10-26(27)31(37)34(30)32-20-24-8-2-5-12-28(24)40-29(36)18-15-22-13-16-25(17-14-22)35(38)39/h2-20H,1H3/b18-15+,32-20?. The summed E-state index contributed by atoms with van der Waals surface area (Å²) in [4.78, 5) is 41.0. The molecule has 0 unspecified atom stereocenters. The Balaban J connectivity index is 1.45. The van der Waals surface area contributed by atoms with E-state index in [0.29, 0.717) is 27.9 Å². The van der Waals surface area contributed by atoms with Crippen LogP contribution in [0.2, 0.25) is 0 Å². The molecule has 40 heavy (non-hydrogen) atoms. The van der Waals surface area contributed by atoms with E-state index < -0.39 is 10.9 Å². The molecule has 0 amide bonds. The van der Waals surface area contributed by atoms with Crippen molar-refractivity contribution in [2.24, 2.45) is 5.10 Å². The first kappa shape index (κ1) is 25.9. The van der Waals surface area contributed by atoms with Crippen molar-refractivity contribution in [1.82, 2.24) is 9.66 Å². The first-order valence-corrected chi connectivity index (χ1v) is 12.3. The van der Waals surface area contributed by atoms with Gasteiger partial charge in [0.15, 0.2) is 5.82 Å². The average molecular weight is 531 g/mol. The molecule has 0 aliphatic carbocycles. The zero-order chi connectivity index (χ0) is 28.1. The largest absolute Gasteiger partial charge is 0.423 e. The van der Waals surface area contributed by atoms with Crippen molar-refractivity contribution >= 4 is 34.9 Å². The highest BCUT2D eigenvalue weighted by atomic mass is 16.6. The predicted octanol–water partition coefficient (Wildman–Crippen LogP) is 5.78. The van der Waals surface area contributed by atoms with Crippen LogP contribution in [0.4, 0.5) is 5.69 Å². The van der Waals surface area contributed by atoms with Crippen LogP contribution in [0.3, 0.4) is 0 Å². The van der Waals surface area contributed by atoms with Crippen LogP contribution in [0.1, 0.15) is 16.7 Å². The summed E-state index contributed by atoms with van der Waals surface area (Å²) in [5.74, 6) is -0.0307. The first-order valence-electron chi connectivity index (χ1n) is 12.3. The molecule has 1 heterocycles. The van der Waals surface area contributed by atoms with Crippen molar-refractivity contribution in [3.63, 3.8) is 0 Å². The van der Waals surface area contributed by atoms with Crippen LogP contribution in [0.15, 0.2) is 113 Å². The molecule has 0 saturated heterocycles. The number of aromatic nitrogens is 2. The normalized spacial score (nSPS) is 11.3. The number of rotatable bonds is 7. The molecule has 5 rings (SSSR count). The fourth-order valence-corrected chi connectivity index (χ4v) is 4.02. The second-order valence-electron chi connectivity index (χ2n) is 8.82. The van der Waals surface area contributed by atoms with Gasteiger partial charge in [-0.05, 0) is 61.0 Å². The Morgan fingerprint density at radius 1 is 0.975 bits per heavy atom. The van der Waals surface area contributed by atoms with Gasteiger partial charge in [0.2, 0.25) is 0 Å². The topological polar surface area (TPSA) is 117 Å². The summed E-state index contributed by atoms with van der Waals surface area (Å²) in [6, 6.07) is 27.3. The van der Waals surface area contributed by atoms with Gasteiger partial charge in [0.05, 0.1) is 22.0 Å². The molecule has 9 nitrogen and oxygen atoms in total. The highest BCUT2D eigenvalue weighted by molar-refractivity contribution is 5.91. The lowest BCUT2D eigenvalue weighted by Gasteiger charge is -2.10. The van der Waals surface area contributed by atoms with E-state index in [2.05, 4.69) is 5.10 Å². The fraction of sp³-hybridized carbons (Fsp3) is 0.0323. The lowest BCUT2D eigenvalue weighted by atomic mass is 10.1. The zero-order valence-corrected chi connectivity index (χ0v) is 21.3. The molecule has 0 spiro atoms. The highest BCUT2D eigenvalue weighted by Gasteiger charge is 2.13. The van der Waals surface area contributed by atoms with E-state index in [9.17, 15) is 19.7 Å². The number of fused-ring (bicyclic) bond motifs is 1. The molecule has 4 aromatic carbocycles. The van der Waals surface area contributed by atoms with Crippen molar-refractivity contribution < 1.29 is 14.5 Å². The molecule has 1 aromatic heterocycles. The van der Waals surface area contributed by atoms with E-state index in [1.807, 2.05) is 37.3 Å². The van der Waals surface area contributed by atoms with Crippen molar-refractivity contribution in [2.75, 3.05) is 0 Å². The molecule has 196 valence electrons. The van der Waals surface area contributed by atoms with Crippen LogP contribution in [0, 0.1) is 17.0 Å². The number of para-hydroxylation sites is 2. The Morgan fingerprint density at radius 2 is 1.73 bits per heavy atom. The van der Waals surface area contributed by atoms with Gasteiger partial charge in [-0.1, -0.05) is 48.0 Å². The van der Waals surface area contributed by atoms with E-state index in [1.54, 1.807) is 42.5 Å². The molecule has 0 radical (unpaired) electrons. The number of nitrogens with zero attached hydrogens (tertiary/aromatic N) is 4. The molecule has 0 N–H and O–H groups in total. The minimum Gasteiger partial charge on any atom is -0.423 e. The summed E-state index contributed by atoms with van der Waals surface area (Å²) in [6.07, 6.45) is 4.17. The Hall–Kier alpha value is -5.70. The van der Waals surface area contributed by atoms with Gasteiger partial charge in [0.25, 0.3) is 11.2 Å². The van der Waals surface area contributed by atoms with Crippen molar-refractivity contribution in [2.45, 2.75) is 6.92 Å². The van der Waals surface area contributed by atoms with Gasteiger partial charge in [-0.15, -0.1) is 0 Å². The predicted molar refractivity (Wildman–Crippen MR) is 153 cm³/mol. The van der Waals surface area contributed by atoms with E-state index in [0.717, 1.165) is 11.1 Å². The summed E-state index contributed by atoms with van der Waals surface area (Å²) in [5.41, 5.74) is 2.99.